The second-order valence-corrected chi connectivity index (χ2v) is 6.74. The maximum atomic E-state index is 13.0. The van der Waals surface area contributed by atoms with Crippen molar-refractivity contribution in [1.29, 1.82) is 0 Å². The van der Waals surface area contributed by atoms with Crippen molar-refractivity contribution in [2.45, 2.75) is 38.0 Å². The zero-order chi connectivity index (χ0) is 20.1. The van der Waals surface area contributed by atoms with E-state index in [2.05, 4.69) is 20.9 Å². The maximum absolute atomic E-state index is 13.0. The van der Waals surface area contributed by atoms with Gasteiger partial charge in [-0.1, -0.05) is 17.3 Å². The Morgan fingerprint density at radius 2 is 2.07 bits per heavy atom. The number of rotatable bonds is 6. The fourth-order valence-corrected chi connectivity index (χ4v) is 3.01. The molecule has 1 aliphatic heterocycles. The maximum Gasteiger partial charge on any atom is 0.419 e. The van der Waals surface area contributed by atoms with Crippen molar-refractivity contribution in [3.8, 4) is 5.75 Å². The number of nitrogens with one attached hydrogen (secondary N) is 2. The molecular weight excluding hydrogens is 375 g/mol. The highest BCUT2D eigenvalue weighted by Crippen LogP contribution is 2.35. The summed E-state index contributed by atoms with van der Waals surface area (Å²) >= 11 is 0. The summed E-state index contributed by atoms with van der Waals surface area (Å²) in [4.78, 5) is 12.3. The molecule has 1 amide bonds. The Labute approximate surface area is 160 Å². The molecule has 0 spiro atoms. The minimum atomic E-state index is -4.50. The molecule has 0 saturated carbocycles. The van der Waals surface area contributed by atoms with Gasteiger partial charge in [-0.05, 0) is 45.0 Å². The number of aromatic nitrogens is 3. The molecule has 1 unspecified atom stereocenters. The lowest BCUT2D eigenvalue weighted by Gasteiger charge is -2.22. The van der Waals surface area contributed by atoms with E-state index in [4.69, 9.17) is 4.74 Å². The second kappa shape index (κ2) is 8.59. The Kier molecular flexibility index (Phi) is 6.18. The standard InChI is InChI=1S/C18H22F3N5O2/c1-12(11-28-16-5-3-2-4-14(16)18(19,20)21)23-17(27)15-10-26(25-24-15)13-6-8-22-9-7-13/h2-5,10,12-13,22H,6-9,11H2,1H3,(H,23,27). The molecule has 2 N–H and O–H groups in total. The van der Waals surface area contributed by atoms with Crippen LogP contribution in [0.2, 0.25) is 0 Å². The van der Waals surface area contributed by atoms with E-state index in [0.29, 0.717) is 0 Å². The summed E-state index contributed by atoms with van der Waals surface area (Å²) in [5.74, 6) is -0.714. The molecule has 0 radical (unpaired) electrons. The van der Waals surface area contributed by atoms with Crippen molar-refractivity contribution in [3.63, 3.8) is 0 Å². The summed E-state index contributed by atoms with van der Waals surface area (Å²) in [5.41, 5.74) is -0.681. The number of nitrogens with zero attached hydrogens (tertiary/aromatic N) is 3. The van der Waals surface area contributed by atoms with Crippen molar-refractivity contribution in [1.82, 2.24) is 25.6 Å². The van der Waals surface area contributed by atoms with Crippen molar-refractivity contribution >= 4 is 5.91 Å². The predicted octanol–water partition coefficient (Wildman–Crippen LogP) is 2.42. The Hall–Kier alpha value is -2.62. The van der Waals surface area contributed by atoms with E-state index >= 15 is 0 Å². The average molecular weight is 397 g/mol. The first-order valence-corrected chi connectivity index (χ1v) is 9.07. The molecule has 1 aromatic heterocycles. The molecule has 1 fully saturated rings. The molecule has 28 heavy (non-hydrogen) atoms. The molecule has 1 saturated heterocycles. The number of benzene rings is 1. The van der Waals surface area contributed by atoms with Gasteiger partial charge in [0.2, 0.25) is 0 Å². The highest BCUT2D eigenvalue weighted by molar-refractivity contribution is 5.92. The Morgan fingerprint density at radius 1 is 1.36 bits per heavy atom. The molecule has 3 rings (SSSR count). The van der Waals surface area contributed by atoms with E-state index in [1.54, 1.807) is 17.8 Å². The smallest absolute Gasteiger partial charge is 0.419 e. The minimum Gasteiger partial charge on any atom is -0.491 e. The van der Waals surface area contributed by atoms with Gasteiger partial charge in [0, 0.05) is 0 Å². The van der Waals surface area contributed by atoms with Crippen LogP contribution in [0.15, 0.2) is 30.5 Å². The van der Waals surface area contributed by atoms with Crippen LogP contribution < -0.4 is 15.4 Å². The zero-order valence-corrected chi connectivity index (χ0v) is 15.4. The molecule has 2 aromatic rings. The van der Waals surface area contributed by atoms with Gasteiger partial charge in [-0.25, -0.2) is 4.68 Å². The lowest BCUT2D eigenvalue weighted by molar-refractivity contribution is -0.139. The van der Waals surface area contributed by atoms with Gasteiger partial charge in [-0.15, -0.1) is 5.10 Å². The van der Waals surface area contributed by atoms with E-state index in [1.807, 2.05) is 0 Å². The monoisotopic (exact) mass is 397 g/mol. The number of hydrogen-bond acceptors (Lipinski definition) is 5. The number of ether oxygens (including phenoxy) is 1. The van der Waals surface area contributed by atoms with E-state index in [1.165, 1.54) is 18.2 Å². The Bertz CT molecular complexity index is 803. The van der Waals surface area contributed by atoms with Crippen LogP contribution in [0.3, 0.4) is 0 Å². The van der Waals surface area contributed by atoms with Crippen LogP contribution in [0.4, 0.5) is 13.2 Å². The fraction of sp³-hybridized carbons (Fsp3) is 0.500. The third kappa shape index (κ3) is 5.00. The van der Waals surface area contributed by atoms with Gasteiger partial charge in [0.25, 0.3) is 5.91 Å². The quantitative estimate of drug-likeness (QED) is 0.783. The predicted molar refractivity (Wildman–Crippen MR) is 95.0 cm³/mol. The van der Waals surface area contributed by atoms with Crippen molar-refractivity contribution in [3.05, 3.63) is 41.7 Å². The molecule has 0 bridgehead atoms. The van der Waals surface area contributed by atoms with E-state index in [-0.39, 0.29) is 24.1 Å². The molecule has 10 heteroatoms. The molecule has 7 nitrogen and oxygen atoms in total. The van der Waals surface area contributed by atoms with Gasteiger partial charge in [-0.3, -0.25) is 4.79 Å². The van der Waals surface area contributed by atoms with E-state index in [0.717, 1.165) is 32.0 Å². The van der Waals surface area contributed by atoms with Crippen molar-refractivity contribution in [2.75, 3.05) is 19.7 Å². The van der Waals surface area contributed by atoms with Crippen molar-refractivity contribution < 1.29 is 22.7 Å². The first kappa shape index (κ1) is 20.1. The van der Waals surface area contributed by atoms with Gasteiger partial charge in [0.1, 0.15) is 12.4 Å². The molecule has 152 valence electrons. The summed E-state index contributed by atoms with van der Waals surface area (Å²) in [6.07, 6.45) is -1.09. The average Bonchev–Trinajstić information content (AvgIpc) is 3.17. The van der Waals surface area contributed by atoms with Crippen LogP contribution in [-0.2, 0) is 6.18 Å². The summed E-state index contributed by atoms with van der Waals surface area (Å²) in [6, 6.07) is 4.66. The first-order valence-electron chi connectivity index (χ1n) is 9.07. The summed E-state index contributed by atoms with van der Waals surface area (Å²) in [7, 11) is 0. The van der Waals surface area contributed by atoms with Gasteiger partial charge in [-0.2, -0.15) is 13.2 Å². The molecule has 1 aliphatic rings. The van der Waals surface area contributed by atoms with Crippen molar-refractivity contribution in [2.24, 2.45) is 0 Å². The normalized spacial score (nSPS) is 16.6. The van der Waals surface area contributed by atoms with Gasteiger partial charge in [0.15, 0.2) is 5.69 Å². The van der Waals surface area contributed by atoms with Crippen LogP contribution >= 0.6 is 0 Å². The third-order valence-corrected chi connectivity index (χ3v) is 4.48. The number of hydrogen-bond donors (Lipinski definition) is 2. The van der Waals surface area contributed by atoms with Crippen LogP contribution in [0, 0.1) is 0 Å². The topological polar surface area (TPSA) is 81.1 Å². The molecule has 1 aromatic carbocycles. The summed E-state index contributed by atoms with van der Waals surface area (Å²) in [5, 5.41) is 13.8. The number of piperidine rings is 1. The second-order valence-electron chi connectivity index (χ2n) is 6.74. The number of halogens is 3. The number of para-hydroxylation sites is 1. The number of carbonyl (C=O) groups is 1. The molecule has 0 aliphatic carbocycles. The highest BCUT2D eigenvalue weighted by Gasteiger charge is 2.34. The van der Waals surface area contributed by atoms with Crippen LogP contribution in [0.5, 0.6) is 5.75 Å². The Balaban J connectivity index is 1.55. The lowest BCUT2D eigenvalue weighted by atomic mass is 10.1. The van der Waals surface area contributed by atoms with E-state index in [9.17, 15) is 18.0 Å². The summed E-state index contributed by atoms with van der Waals surface area (Å²) < 4.78 is 45.9. The molecule has 2 heterocycles. The Morgan fingerprint density at radius 3 is 2.79 bits per heavy atom. The zero-order valence-electron chi connectivity index (χ0n) is 15.4. The van der Waals surface area contributed by atoms with Crippen LogP contribution in [-0.4, -0.2) is 46.6 Å². The van der Waals surface area contributed by atoms with Crippen LogP contribution in [0.1, 0.15) is 41.9 Å². The molecule has 1 atom stereocenters. The summed E-state index contributed by atoms with van der Waals surface area (Å²) in [6.45, 7) is 3.31. The van der Waals surface area contributed by atoms with Crippen LogP contribution in [0.25, 0.3) is 0 Å². The lowest BCUT2D eigenvalue weighted by Crippen LogP contribution is -2.37. The van der Waals surface area contributed by atoms with E-state index < -0.39 is 23.7 Å². The highest BCUT2D eigenvalue weighted by atomic mass is 19.4. The van der Waals surface area contributed by atoms with Gasteiger partial charge < -0.3 is 15.4 Å². The third-order valence-electron chi connectivity index (χ3n) is 4.48. The molecular formula is C18H22F3N5O2. The number of carbonyl (C=O) groups excluding carboxylic acids is 1. The SMILES string of the molecule is CC(COc1ccccc1C(F)(F)F)NC(=O)c1cn(C2CCNCC2)nn1. The largest absolute Gasteiger partial charge is 0.491 e. The number of alkyl halides is 3. The first-order chi connectivity index (χ1) is 13.3. The fourth-order valence-electron chi connectivity index (χ4n) is 3.01. The minimum absolute atomic E-state index is 0.110. The van der Waals surface area contributed by atoms with Gasteiger partial charge in [0.05, 0.1) is 23.8 Å². The number of amides is 1. The van der Waals surface area contributed by atoms with Gasteiger partial charge >= 0.3 is 6.18 Å².